The van der Waals surface area contributed by atoms with Crippen molar-refractivity contribution in [3.05, 3.63) is 123 Å². The summed E-state index contributed by atoms with van der Waals surface area (Å²) in [6, 6.07) is 28.6. The van der Waals surface area contributed by atoms with Crippen molar-refractivity contribution in [3.8, 4) is 5.75 Å². The molecule has 11 heteroatoms. The number of ether oxygens (including phenoxy) is 1. The molecule has 0 spiro atoms. The van der Waals surface area contributed by atoms with E-state index in [1.807, 2.05) is 75.4 Å². The van der Waals surface area contributed by atoms with Gasteiger partial charge >= 0.3 is 0 Å². The van der Waals surface area contributed by atoms with Gasteiger partial charge in [-0.2, -0.15) is 0 Å². The third-order valence-corrected chi connectivity index (χ3v) is 9.87. The van der Waals surface area contributed by atoms with Gasteiger partial charge in [-0.15, -0.1) is 0 Å². The number of hydrogen-bond acceptors (Lipinski definition) is 5. The van der Waals surface area contributed by atoms with E-state index in [-0.39, 0.29) is 35.5 Å². The number of carbonyl (C=O) groups is 2. The molecule has 0 aliphatic rings. The summed E-state index contributed by atoms with van der Waals surface area (Å²) in [6.07, 6.45) is 0.238. The minimum Gasteiger partial charge on any atom is -0.494 e. The molecule has 4 rings (SSSR count). The first kappa shape index (κ1) is 35.2. The largest absolute Gasteiger partial charge is 0.494 e. The average Bonchev–Trinajstić information content (AvgIpc) is 3.02. The van der Waals surface area contributed by atoms with E-state index < -0.39 is 28.5 Å². The van der Waals surface area contributed by atoms with Crippen molar-refractivity contribution in [2.45, 2.75) is 50.7 Å². The van der Waals surface area contributed by atoms with Gasteiger partial charge in [-0.1, -0.05) is 74.3 Å². The monoisotopic (exact) mass is 769 g/mol. The van der Waals surface area contributed by atoms with Gasteiger partial charge < -0.3 is 15.0 Å². The van der Waals surface area contributed by atoms with Crippen LogP contribution in [0.2, 0.25) is 0 Å². The van der Waals surface area contributed by atoms with Crippen molar-refractivity contribution >= 4 is 59.4 Å². The van der Waals surface area contributed by atoms with E-state index in [1.54, 1.807) is 36.4 Å². The second-order valence-corrected chi connectivity index (χ2v) is 14.6. The third-order valence-electron chi connectivity index (χ3n) is 7.06. The van der Waals surface area contributed by atoms with Gasteiger partial charge in [0.1, 0.15) is 18.3 Å². The molecule has 0 bridgehead atoms. The molecule has 0 aliphatic heterocycles. The van der Waals surface area contributed by atoms with E-state index >= 15 is 0 Å². The molecular weight excluding hydrogens is 734 g/mol. The van der Waals surface area contributed by atoms with Gasteiger partial charge in [-0.05, 0) is 92.6 Å². The lowest BCUT2D eigenvalue weighted by molar-refractivity contribution is -0.140. The van der Waals surface area contributed by atoms with Crippen molar-refractivity contribution in [1.82, 2.24) is 10.2 Å². The Morgan fingerprint density at radius 3 is 2.09 bits per heavy atom. The molecule has 46 heavy (non-hydrogen) atoms. The first-order valence-electron chi connectivity index (χ1n) is 14.9. The number of anilines is 1. The Labute approximate surface area is 288 Å². The van der Waals surface area contributed by atoms with Gasteiger partial charge in [0.05, 0.1) is 17.2 Å². The molecule has 0 radical (unpaired) electrons. The minimum atomic E-state index is -4.21. The van der Waals surface area contributed by atoms with Crippen LogP contribution in [0.5, 0.6) is 5.75 Å². The van der Waals surface area contributed by atoms with Crippen LogP contribution in [0.25, 0.3) is 0 Å². The summed E-state index contributed by atoms with van der Waals surface area (Å²) in [5.74, 6) is -0.289. The molecule has 0 saturated heterocycles. The fraction of sp³-hybridized carbons (Fsp3) is 0.257. The molecule has 8 nitrogen and oxygen atoms in total. The third kappa shape index (κ3) is 9.43. The molecule has 2 amide bonds. The number of carbonyl (C=O) groups excluding carboxylic acids is 2. The van der Waals surface area contributed by atoms with Crippen molar-refractivity contribution in [1.29, 1.82) is 0 Å². The summed E-state index contributed by atoms with van der Waals surface area (Å²) in [5.41, 5.74) is 1.93. The Bertz CT molecular complexity index is 1720. The highest BCUT2D eigenvalue weighted by atomic mass is 79.9. The molecule has 1 N–H and O–H groups in total. The zero-order valence-electron chi connectivity index (χ0n) is 25.9. The molecule has 0 fully saturated rings. The van der Waals surface area contributed by atoms with Gasteiger partial charge in [0.2, 0.25) is 11.8 Å². The van der Waals surface area contributed by atoms with Crippen LogP contribution in [0.4, 0.5) is 5.69 Å². The molecule has 0 aromatic heterocycles. The van der Waals surface area contributed by atoms with Crippen LogP contribution in [-0.4, -0.2) is 50.4 Å². The van der Waals surface area contributed by atoms with E-state index in [0.717, 1.165) is 24.4 Å². The van der Waals surface area contributed by atoms with Crippen LogP contribution < -0.4 is 14.4 Å². The van der Waals surface area contributed by atoms with Crippen LogP contribution >= 0.6 is 31.9 Å². The number of sulfonamides is 1. The Hall–Kier alpha value is -3.67. The molecule has 0 saturated carbocycles. The standard InChI is InChI=1S/C35H37Br2N3O5S/c1-4-45-31-17-15-30(16-18-31)40(46(43,44)32-19-13-28(36)14-20-32)24-34(41)39(23-27-11-8-12-29(37)21-27)33(35(42)38-25(2)3)22-26-9-6-5-7-10-26/h5-21,25,33H,4,22-24H2,1-3H3,(H,38,42)/t33-/m0/s1. The molecule has 0 unspecified atom stereocenters. The van der Waals surface area contributed by atoms with Crippen molar-refractivity contribution in [2.24, 2.45) is 0 Å². The van der Waals surface area contributed by atoms with E-state index in [2.05, 4.69) is 37.2 Å². The number of halogens is 2. The van der Waals surface area contributed by atoms with E-state index in [4.69, 9.17) is 4.74 Å². The van der Waals surface area contributed by atoms with Crippen molar-refractivity contribution in [3.63, 3.8) is 0 Å². The SMILES string of the molecule is CCOc1ccc(N(CC(=O)N(Cc2cccc(Br)c2)[C@@H](Cc2ccccc2)C(=O)NC(C)C)S(=O)(=O)c2ccc(Br)cc2)cc1. The smallest absolute Gasteiger partial charge is 0.264 e. The van der Waals surface area contributed by atoms with Crippen LogP contribution in [0.15, 0.2) is 117 Å². The molecule has 4 aromatic rings. The number of hydrogen-bond donors (Lipinski definition) is 1. The number of rotatable bonds is 14. The van der Waals surface area contributed by atoms with Crippen molar-refractivity contribution < 1.29 is 22.7 Å². The van der Waals surface area contributed by atoms with Gasteiger partial charge in [0.25, 0.3) is 10.0 Å². The topological polar surface area (TPSA) is 96.0 Å². The fourth-order valence-electron chi connectivity index (χ4n) is 4.90. The summed E-state index contributed by atoms with van der Waals surface area (Å²) >= 11 is 6.86. The van der Waals surface area contributed by atoms with E-state index in [0.29, 0.717) is 12.4 Å². The fourth-order valence-corrected chi connectivity index (χ4v) is 7.03. The lowest BCUT2D eigenvalue weighted by atomic mass is 10.0. The highest BCUT2D eigenvalue weighted by Gasteiger charge is 2.35. The Balaban J connectivity index is 1.80. The number of nitrogens with one attached hydrogen (secondary N) is 1. The molecular formula is C35H37Br2N3O5S. The minimum absolute atomic E-state index is 0.0225. The summed E-state index contributed by atoms with van der Waals surface area (Å²) in [4.78, 5) is 29.8. The lowest BCUT2D eigenvalue weighted by Crippen LogP contribution is -2.54. The van der Waals surface area contributed by atoms with Crippen LogP contribution in [0, 0.1) is 0 Å². The first-order chi connectivity index (χ1) is 22.0. The second kappa shape index (κ2) is 16.2. The Morgan fingerprint density at radius 1 is 0.826 bits per heavy atom. The van der Waals surface area contributed by atoms with Gasteiger partial charge in [0, 0.05) is 28.0 Å². The zero-order chi connectivity index (χ0) is 33.3. The van der Waals surface area contributed by atoms with Crippen LogP contribution in [0.1, 0.15) is 31.9 Å². The van der Waals surface area contributed by atoms with Crippen molar-refractivity contribution in [2.75, 3.05) is 17.5 Å². The highest BCUT2D eigenvalue weighted by molar-refractivity contribution is 9.10. The van der Waals surface area contributed by atoms with Gasteiger partial charge in [0.15, 0.2) is 0 Å². The normalized spacial score (nSPS) is 12.0. The van der Waals surface area contributed by atoms with Gasteiger partial charge in [-0.3, -0.25) is 13.9 Å². The molecule has 0 aliphatic carbocycles. The molecule has 0 heterocycles. The summed E-state index contributed by atoms with van der Waals surface area (Å²) in [7, 11) is -4.21. The second-order valence-electron chi connectivity index (χ2n) is 10.9. The highest BCUT2D eigenvalue weighted by Crippen LogP contribution is 2.28. The average molecular weight is 772 g/mol. The Kier molecular flexibility index (Phi) is 12.4. The van der Waals surface area contributed by atoms with Crippen LogP contribution in [0.3, 0.4) is 0 Å². The van der Waals surface area contributed by atoms with Crippen LogP contribution in [-0.2, 0) is 32.6 Å². The predicted molar refractivity (Wildman–Crippen MR) is 188 cm³/mol. The van der Waals surface area contributed by atoms with Gasteiger partial charge in [-0.25, -0.2) is 8.42 Å². The summed E-state index contributed by atoms with van der Waals surface area (Å²) in [6.45, 7) is 5.56. The number of benzene rings is 4. The summed E-state index contributed by atoms with van der Waals surface area (Å²) in [5, 5.41) is 2.97. The number of amides is 2. The van der Waals surface area contributed by atoms with E-state index in [9.17, 15) is 18.0 Å². The molecule has 1 atom stereocenters. The summed E-state index contributed by atoms with van der Waals surface area (Å²) < 4.78 is 36.5. The first-order valence-corrected chi connectivity index (χ1v) is 17.9. The lowest BCUT2D eigenvalue weighted by Gasteiger charge is -2.34. The van der Waals surface area contributed by atoms with E-state index in [1.165, 1.54) is 17.0 Å². The Morgan fingerprint density at radius 2 is 1.48 bits per heavy atom. The maximum absolute atomic E-state index is 14.5. The predicted octanol–water partition coefficient (Wildman–Crippen LogP) is 6.97. The zero-order valence-corrected chi connectivity index (χ0v) is 29.9. The molecule has 242 valence electrons. The molecule has 4 aromatic carbocycles. The maximum atomic E-state index is 14.5. The number of nitrogens with zero attached hydrogens (tertiary/aromatic N) is 2. The maximum Gasteiger partial charge on any atom is 0.264 e. The quantitative estimate of drug-likeness (QED) is 0.150.